The Morgan fingerprint density at radius 3 is 2.77 bits per heavy atom. The lowest BCUT2D eigenvalue weighted by atomic mass is 10.1. The summed E-state index contributed by atoms with van der Waals surface area (Å²) in [6.07, 6.45) is 1.06. The van der Waals surface area contributed by atoms with E-state index in [2.05, 4.69) is 38.8 Å². The third-order valence-electron chi connectivity index (χ3n) is 3.75. The molecule has 1 aromatic carbocycles. The van der Waals surface area contributed by atoms with Gasteiger partial charge in [0.2, 0.25) is 5.13 Å². The van der Waals surface area contributed by atoms with Crippen molar-refractivity contribution in [3.8, 4) is 5.69 Å². The zero-order chi connectivity index (χ0) is 18.7. The molecule has 2 heterocycles. The van der Waals surface area contributed by atoms with Crippen LogP contribution in [0.15, 0.2) is 22.5 Å². The van der Waals surface area contributed by atoms with Crippen molar-refractivity contribution in [1.29, 1.82) is 0 Å². The minimum atomic E-state index is -0.332. The molecule has 26 heavy (non-hydrogen) atoms. The molecule has 0 radical (unpaired) electrons. The molecule has 0 saturated heterocycles. The Morgan fingerprint density at radius 1 is 1.23 bits per heavy atom. The molecule has 2 aromatic heterocycles. The van der Waals surface area contributed by atoms with Crippen LogP contribution in [0, 0.1) is 20.8 Å². The van der Waals surface area contributed by atoms with E-state index in [-0.39, 0.29) is 11.6 Å². The summed E-state index contributed by atoms with van der Waals surface area (Å²) in [5, 5.41) is 19.5. The fraction of sp³-hybridized carbons (Fsp3) is 0.353. The van der Waals surface area contributed by atoms with Crippen molar-refractivity contribution in [3.63, 3.8) is 0 Å². The molecule has 0 aliphatic rings. The number of rotatable bonds is 6. The lowest BCUT2D eigenvalue weighted by molar-refractivity contribution is 0.102. The highest BCUT2D eigenvalue weighted by Gasteiger charge is 2.19. The van der Waals surface area contributed by atoms with E-state index in [9.17, 15) is 4.79 Å². The van der Waals surface area contributed by atoms with Crippen molar-refractivity contribution < 1.29 is 4.79 Å². The minimum absolute atomic E-state index is 0.280. The van der Waals surface area contributed by atoms with Crippen LogP contribution in [-0.2, 0) is 0 Å². The van der Waals surface area contributed by atoms with Crippen molar-refractivity contribution >= 4 is 34.1 Å². The fourth-order valence-electron chi connectivity index (χ4n) is 2.48. The Morgan fingerprint density at radius 2 is 2.04 bits per heavy atom. The number of carbonyl (C=O) groups is 1. The van der Waals surface area contributed by atoms with Gasteiger partial charge in [-0.3, -0.25) is 10.1 Å². The Balaban J connectivity index is 1.78. The Hall–Kier alpha value is -2.26. The first-order chi connectivity index (χ1) is 12.5. The zero-order valence-corrected chi connectivity index (χ0v) is 16.7. The average molecular weight is 389 g/mol. The molecule has 136 valence electrons. The number of amides is 1. The van der Waals surface area contributed by atoms with Crippen LogP contribution in [0.3, 0.4) is 0 Å². The topological polar surface area (TPSA) is 85.6 Å². The number of benzene rings is 1. The monoisotopic (exact) mass is 388 g/mol. The van der Waals surface area contributed by atoms with Crippen molar-refractivity contribution in [2.75, 3.05) is 11.1 Å². The van der Waals surface area contributed by atoms with E-state index in [1.807, 2.05) is 32.9 Å². The first kappa shape index (κ1) is 18.5. The van der Waals surface area contributed by atoms with Gasteiger partial charge in [-0.15, -0.1) is 15.3 Å². The zero-order valence-electron chi connectivity index (χ0n) is 15.1. The molecule has 3 aromatic rings. The molecular weight excluding hydrogens is 368 g/mol. The van der Waals surface area contributed by atoms with E-state index >= 15 is 0 Å². The third kappa shape index (κ3) is 3.94. The second-order valence-electron chi connectivity index (χ2n) is 5.90. The minimum Gasteiger partial charge on any atom is -0.295 e. The normalized spacial score (nSPS) is 10.9. The van der Waals surface area contributed by atoms with Crippen molar-refractivity contribution in [3.05, 3.63) is 40.7 Å². The van der Waals surface area contributed by atoms with Crippen LogP contribution in [0.1, 0.15) is 40.7 Å². The number of hydrogen-bond acceptors (Lipinski definition) is 7. The van der Waals surface area contributed by atoms with Gasteiger partial charge in [-0.05, 0) is 38.8 Å². The van der Waals surface area contributed by atoms with E-state index in [1.165, 1.54) is 16.9 Å². The van der Waals surface area contributed by atoms with Crippen LogP contribution in [-0.4, -0.2) is 36.9 Å². The molecule has 0 unspecified atom stereocenters. The molecule has 7 nitrogen and oxygen atoms in total. The summed E-state index contributed by atoms with van der Waals surface area (Å²) < 4.78 is 2.53. The maximum Gasteiger partial charge on any atom is 0.279 e. The van der Waals surface area contributed by atoms with Gasteiger partial charge in [0.1, 0.15) is 0 Å². The lowest BCUT2D eigenvalue weighted by Gasteiger charge is -2.08. The average Bonchev–Trinajstić information content (AvgIpc) is 3.20. The summed E-state index contributed by atoms with van der Waals surface area (Å²) in [6, 6.07) is 6.07. The van der Waals surface area contributed by atoms with Gasteiger partial charge in [-0.2, -0.15) is 0 Å². The molecule has 1 amide bonds. The molecule has 9 heteroatoms. The standard InChI is InChI=1S/C17H20N6OS2/c1-5-8-25-17-21-20-16(26-17)18-15(24)14-12(4)23(22-19-14)13-7-6-10(2)9-11(13)3/h6-7,9H,5,8H2,1-4H3,(H,18,20,24). The van der Waals surface area contributed by atoms with Crippen molar-refractivity contribution in [1.82, 2.24) is 25.2 Å². The molecule has 0 saturated carbocycles. The van der Waals surface area contributed by atoms with Gasteiger partial charge in [-0.25, -0.2) is 4.68 Å². The molecule has 0 aliphatic heterocycles. The van der Waals surface area contributed by atoms with Gasteiger partial charge < -0.3 is 0 Å². The Kier molecular flexibility index (Phi) is 5.67. The highest BCUT2D eigenvalue weighted by Crippen LogP contribution is 2.26. The second-order valence-corrected chi connectivity index (χ2v) is 8.22. The molecule has 0 bridgehead atoms. The van der Waals surface area contributed by atoms with E-state index in [0.29, 0.717) is 10.8 Å². The quantitative estimate of drug-likeness (QED) is 0.511. The number of nitrogens with one attached hydrogen (secondary N) is 1. The second kappa shape index (κ2) is 7.96. The third-order valence-corrected chi connectivity index (χ3v) is 5.92. The van der Waals surface area contributed by atoms with Crippen LogP contribution in [0.4, 0.5) is 5.13 Å². The Bertz CT molecular complexity index is 933. The highest BCUT2D eigenvalue weighted by atomic mass is 32.2. The number of aromatic nitrogens is 5. The number of nitrogens with zero attached hydrogens (tertiary/aromatic N) is 5. The fourth-order valence-corrected chi connectivity index (χ4v) is 4.15. The predicted octanol–water partition coefficient (Wildman–Crippen LogP) is 3.80. The highest BCUT2D eigenvalue weighted by molar-refractivity contribution is 8.01. The summed E-state index contributed by atoms with van der Waals surface area (Å²) in [4.78, 5) is 12.5. The molecule has 0 atom stereocenters. The van der Waals surface area contributed by atoms with Crippen LogP contribution >= 0.6 is 23.1 Å². The molecule has 1 N–H and O–H groups in total. The lowest BCUT2D eigenvalue weighted by Crippen LogP contribution is -2.14. The largest absolute Gasteiger partial charge is 0.295 e. The van der Waals surface area contributed by atoms with Gasteiger partial charge in [0.05, 0.1) is 11.4 Å². The van der Waals surface area contributed by atoms with Gasteiger partial charge >= 0.3 is 0 Å². The predicted molar refractivity (Wildman–Crippen MR) is 104 cm³/mol. The number of anilines is 1. The van der Waals surface area contributed by atoms with E-state index in [0.717, 1.165) is 27.8 Å². The van der Waals surface area contributed by atoms with E-state index < -0.39 is 0 Å². The van der Waals surface area contributed by atoms with Crippen molar-refractivity contribution in [2.45, 2.75) is 38.5 Å². The van der Waals surface area contributed by atoms with Crippen LogP contribution < -0.4 is 5.32 Å². The number of thioether (sulfide) groups is 1. The summed E-state index contributed by atoms with van der Waals surface area (Å²) in [6.45, 7) is 7.99. The van der Waals surface area contributed by atoms with Gasteiger partial charge in [0.15, 0.2) is 10.0 Å². The Labute approximate surface area is 160 Å². The number of carbonyl (C=O) groups excluding carboxylic acids is 1. The van der Waals surface area contributed by atoms with Gasteiger partial charge in [0, 0.05) is 5.75 Å². The van der Waals surface area contributed by atoms with Crippen molar-refractivity contribution in [2.24, 2.45) is 0 Å². The van der Waals surface area contributed by atoms with E-state index in [1.54, 1.807) is 16.4 Å². The molecular formula is C17H20N6OS2. The summed E-state index contributed by atoms with van der Waals surface area (Å²) in [5.74, 6) is 0.646. The molecule has 0 fully saturated rings. The number of hydrogen-bond donors (Lipinski definition) is 1. The van der Waals surface area contributed by atoms with Crippen LogP contribution in [0.5, 0.6) is 0 Å². The first-order valence-electron chi connectivity index (χ1n) is 8.27. The molecule has 0 aliphatic carbocycles. The van der Waals surface area contributed by atoms with E-state index in [4.69, 9.17) is 0 Å². The molecule has 0 spiro atoms. The summed E-state index contributed by atoms with van der Waals surface area (Å²) in [5.41, 5.74) is 4.12. The van der Waals surface area contributed by atoms with Crippen LogP contribution in [0.2, 0.25) is 0 Å². The molecule has 3 rings (SSSR count). The van der Waals surface area contributed by atoms with Gasteiger partial charge in [0.25, 0.3) is 5.91 Å². The van der Waals surface area contributed by atoms with Crippen LogP contribution in [0.25, 0.3) is 5.69 Å². The van der Waals surface area contributed by atoms with Gasteiger partial charge in [-0.1, -0.05) is 52.9 Å². The first-order valence-corrected chi connectivity index (χ1v) is 10.1. The number of aryl methyl sites for hydroxylation is 2. The maximum absolute atomic E-state index is 12.5. The SMILES string of the molecule is CCCSc1nnc(NC(=O)c2nnn(-c3ccc(C)cc3C)c2C)s1. The summed E-state index contributed by atoms with van der Waals surface area (Å²) >= 11 is 3.00. The smallest absolute Gasteiger partial charge is 0.279 e. The maximum atomic E-state index is 12.5. The summed E-state index contributed by atoms with van der Waals surface area (Å²) in [7, 11) is 0.